The summed E-state index contributed by atoms with van der Waals surface area (Å²) in [6.07, 6.45) is 2.47. The highest BCUT2D eigenvalue weighted by Gasteiger charge is 2.43. The van der Waals surface area contributed by atoms with E-state index in [0.29, 0.717) is 26.2 Å². The summed E-state index contributed by atoms with van der Waals surface area (Å²) in [5.74, 6) is -2.97. The monoisotopic (exact) mass is 330 g/mol. The Morgan fingerprint density at radius 1 is 1.45 bits per heavy atom. The molecule has 3 heterocycles. The van der Waals surface area contributed by atoms with Crippen molar-refractivity contribution < 1.29 is 13.6 Å². The molecule has 2 aliphatic rings. The Kier molecular flexibility index (Phi) is 4.31. The molecule has 122 valence electrons. The lowest BCUT2D eigenvalue weighted by Gasteiger charge is -2.35. The summed E-state index contributed by atoms with van der Waals surface area (Å²) in [4.78, 5) is 21.8. The minimum Gasteiger partial charge on any atom is -0.345 e. The van der Waals surface area contributed by atoms with Crippen LogP contribution in [-0.4, -0.2) is 60.5 Å². The molecule has 0 radical (unpaired) electrons. The quantitative estimate of drug-likeness (QED) is 0.909. The van der Waals surface area contributed by atoms with Gasteiger partial charge in [0, 0.05) is 43.7 Å². The molecule has 22 heavy (non-hydrogen) atoms. The van der Waals surface area contributed by atoms with Crippen LogP contribution in [0.4, 0.5) is 13.9 Å². The number of alkyl halides is 2. The van der Waals surface area contributed by atoms with Gasteiger partial charge in [-0.2, -0.15) is 0 Å². The van der Waals surface area contributed by atoms with Gasteiger partial charge in [-0.05, 0) is 6.42 Å². The number of carbonyl (C=O) groups is 1. The van der Waals surface area contributed by atoms with Crippen LogP contribution in [-0.2, 0) is 11.2 Å². The standard InChI is InChI=1S/C14H20F2N4OS/c1-2-10-8-17-13(22-10)20-5-3-19(4-6-20)12(21)11-7-14(15,16)9-18-11/h8,11,18H,2-7,9H2,1H3. The number of thiazole rings is 1. The molecule has 0 spiro atoms. The summed E-state index contributed by atoms with van der Waals surface area (Å²) in [7, 11) is 0. The van der Waals surface area contributed by atoms with Crippen molar-refractivity contribution >= 4 is 22.4 Å². The van der Waals surface area contributed by atoms with Crippen molar-refractivity contribution in [2.24, 2.45) is 0 Å². The van der Waals surface area contributed by atoms with E-state index in [2.05, 4.69) is 22.1 Å². The summed E-state index contributed by atoms with van der Waals surface area (Å²) in [5, 5.41) is 3.61. The number of carbonyl (C=O) groups excluding carboxylic acids is 1. The molecule has 2 aliphatic heterocycles. The molecular weight excluding hydrogens is 310 g/mol. The average Bonchev–Trinajstić information content (AvgIpc) is 3.13. The van der Waals surface area contributed by atoms with Gasteiger partial charge in [0.2, 0.25) is 5.91 Å². The predicted octanol–water partition coefficient (Wildman–Crippen LogP) is 1.35. The molecular formula is C14H20F2N4OS. The molecule has 1 amide bonds. The van der Waals surface area contributed by atoms with Gasteiger partial charge in [-0.25, -0.2) is 13.8 Å². The minimum absolute atomic E-state index is 0.204. The number of rotatable bonds is 3. The number of nitrogens with zero attached hydrogens (tertiary/aromatic N) is 3. The molecule has 8 heteroatoms. The second-order valence-electron chi connectivity index (χ2n) is 5.77. The highest BCUT2D eigenvalue weighted by molar-refractivity contribution is 7.15. The van der Waals surface area contributed by atoms with Crippen molar-refractivity contribution in [2.45, 2.75) is 31.7 Å². The van der Waals surface area contributed by atoms with E-state index in [1.807, 2.05) is 6.20 Å². The van der Waals surface area contributed by atoms with Crippen molar-refractivity contribution in [2.75, 3.05) is 37.6 Å². The highest BCUT2D eigenvalue weighted by atomic mass is 32.1. The van der Waals surface area contributed by atoms with Crippen molar-refractivity contribution in [1.29, 1.82) is 0 Å². The number of hydrogen-bond acceptors (Lipinski definition) is 5. The fourth-order valence-corrected chi connectivity index (χ4v) is 3.74. The van der Waals surface area contributed by atoms with Gasteiger partial charge in [0.25, 0.3) is 5.92 Å². The summed E-state index contributed by atoms with van der Waals surface area (Å²) >= 11 is 1.67. The van der Waals surface area contributed by atoms with E-state index in [-0.39, 0.29) is 5.91 Å². The smallest absolute Gasteiger partial charge is 0.262 e. The Balaban J connectivity index is 1.54. The van der Waals surface area contributed by atoms with E-state index in [1.54, 1.807) is 16.2 Å². The van der Waals surface area contributed by atoms with Crippen LogP contribution in [0.3, 0.4) is 0 Å². The van der Waals surface area contributed by atoms with Crippen LogP contribution in [0.15, 0.2) is 6.20 Å². The third-order valence-electron chi connectivity index (χ3n) is 4.16. The maximum atomic E-state index is 13.2. The molecule has 0 bridgehead atoms. The number of amides is 1. The summed E-state index contributed by atoms with van der Waals surface area (Å²) in [6.45, 7) is 4.21. The molecule has 3 rings (SSSR count). The first kappa shape index (κ1) is 15.6. The molecule has 1 aromatic heterocycles. The Morgan fingerprint density at radius 2 is 2.18 bits per heavy atom. The van der Waals surface area contributed by atoms with Gasteiger partial charge in [0.1, 0.15) is 0 Å². The first-order chi connectivity index (χ1) is 10.5. The maximum absolute atomic E-state index is 13.2. The highest BCUT2D eigenvalue weighted by Crippen LogP contribution is 2.27. The zero-order chi connectivity index (χ0) is 15.7. The van der Waals surface area contributed by atoms with Gasteiger partial charge in [0.15, 0.2) is 5.13 Å². The predicted molar refractivity (Wildman–Crippen MR) is 81.6 cm³/mol. The maximum Gasteiger partial charge on any atom is 0.262 e. The Bertz CT molecular complexity index is 543. The second kappa shape index (κ2) is 6.08. The zero-order valence-corrected chi connectivity index (χ0v) is 13.3. The number of piperazine rings is 1. The van der Waals surface area contributed by atoms with Gasteiger partial charge in [-0.3, -0.25) is 10.1 Å². The van der Waals surface area contributed by atoms with E-state index < -0.39 is 24.9 Å². The SMILES string of the molecule is CCc1cnc(N2CCN(C(=O)C3CC(F)(F)CN3)CC2)s1. The van der Waals surface area contributed by atoms with Crippen LogP contribution in [0.5, 0.6) is 0 Å². The fourth-order valence-electron chi connectivity index (χ4n) is 2.84. The average molecular weight is 330 g/mol. The molecule has 0 saturated carbocycles. The van der Waals surface area contributed by atoms with Gasteiger partial charge < -0.3 is 9.80 Å². The number of hydrogen-bond donors (Lipinski definition) is 1. The third-order valence-corrected chi connectivity index (χ3v) is 5.36. The Hall–Kier alpha value is -1.28. The normalized spacial score (nSPS) is 24.8. The van der Waals surface area contributed by atoms with Crippen molar-refractivity contribution in [3.8, 4) is 0 Å². The zero-order valence-electron chi connectivity index (χ0n) is 12.5. The lowest BCUT2D eigenvalue weighted by Crippen LogP contribution is -2.53. The molecule has 5 nitrogen and oxygen atoms in total. The number of aryl methyl sites for hydroxylation is 1. The van der Waals surface area contributed by atoms with E-state index in [1.165, 1.54) is 4.88 Å². The van der Waals surface area contributed by atoms with Crippen LogP contribution < -0.4 is 10.2 Å². The molecule has 1 aromatic rings. The van der Waals surface area contributed by atoms with Gasteiger partial charge in [0.05, 0.1) is 12.6 Å². The van der Waals surface area contributed by atoms with E-state index >= 15 is 0 Å². The minimum atomic E-state index is -2.76. The van der Waals surface area contributed by atoms with E-state index in [0.717, 1.165) is 11.6 Å². The topological polar surface area (TPSA) is 48.5 Å². The Morgan fingerprint density at radius 3 is 2.73 bits per heavy atom. The molecule has 0 aliphatic carbocycles. The van der Waals surface area contributed by atoms with Crippen LogP contribution in [0, 0.1) is 0 Å². The van der Waals surface area contributed by atoms with Crippen molar-refractivity contribution in [1.82, 2.24) is 15.2 Å². The summed E-state index contributed by atoms with van der Waals surface area (Å²) in [6, 6.07) is -0.742. The largest absolute Gasteiger partial charge is 0.345 e. The number of halogens is 2. The van der Waals surface area contributed by atoms with Crippen molar-refractivity contribution in [3.05, 3.63) is 11.1 Å². The summed E-state index contributed by atoms with van der Waals surface area (Å²) in [5.41, 5.74) is 0. The van der Waals surface area contributed by atoms with Crippen LogP contribution in [0.25, 0.3) is 0 Å². The number of aromatic nitrogens is 1. The number of anilines is 1. The second-order valence-corrected chi connectivity index (χ2v) is 6.86. The van der Waals surface area contributed by atoms with Gasteiger partial charge >= 0.3 is 0 Å². The first-order valence-electron chi connectivity index (χ1n) is 7.58. The van der Waals surface area contributed by atoms with Gasteiger partial charge in [-0.15, -0.1) is 11.3 Å². The van der Waals surface area contributed by atoms with Gasteiger partial charge in [-0.1, -0.05) is 6.92 Å². The molecule has 1 atom stereocenters. The lowest BCUT2D eigenvalue weighted by molar-refractivity contribution is -0.134. The molecule has 0 aromatic carbocycles. The molecule has 1 unspecified atom stereocenters. The third kappa shape index (κ3) is 3.22. The Labute approximate surface area is 132 Å². The molecule has 1 N–H and O–H groups in total. The fraction of sp³-hybridized carbons (Fsp3) is 0.714. The van der Waals surface area contributed by atoms with Crippen LogP contribution in [0.1, 0.15) is 18.2 Å². The van der Waals surface area contributed by atoms with Crippen LogP contribution in [0.2, 0.25) is 0 Å². The van der Waals surface area contributed by atoms with E-state index in [9.17, 15) is 13.6 Å². The van der Waals surface area contributed by atoms with E-state index in [4.69, 9.17) is 0 Å². The van der Waals surface area contributed by atoms with Crippen molar-refractivity contribution in [3.63, 3.8) is 0 Å². The van der Waals surface area contributed by atoms with Crippen LogP contribution >= 0.6 is 11.3 Å². The lowest BCUT2D eigenvalue weighted by atomic mass is 10.1. The number of nitrogens with one attached hydrogen (secondary N) is 1. The summed E-state index contributed by atoms with van der Waals surface area (Å²) < 4.78 is 26.4. The molecule has 2 saturated heterocycles. The first-order valence-corrected chi connectivity index (χ1v) is 8.40. The molecule has 2 fully saturated rings.